The first kappa shape index (κ1) is 21.6. The number of carbonyl (C=O) groups is 1. The van der Waals surface area contributed by atoms with Crippen LogP contribution in [-0.4, -0.2) is 48.4 Å². The van der Waals surface area contributed by atoms with Crippen molar-refractivity contribution in [3.8, 4) is 17.2 Å². The number of aromatic nitrogens is 6. The number of pyridine rings is 1. The number of aryl methyl sites for hydroxylation is 1. The molecule has 1 amide bonds. The highest BCUT2D eigenvalue weighted by atomic mass is 19.1. The summed E-state index contributed by atoms with van der Waals surface area (Å²) in [6.07, 6.45) is 8.49. The number of ether oxygens (including phenoxy) is 1. The van der Waals surface area contributed by atoms with Gasteiger partial charge in [-0.05, 0) is 56.0 Å². The van der Waals surface area contributed by atoms with Gasteiger partial charge in [-0.1, -0.05) is 6.07 Å². The number of nitrogens with zero attached hydrogens (tertiary/aromatic N) is 6. The monoisotopic (exact) mass is 473 g/mol. The summed E-state index contributed by atoms with van der Waals surface area (Å²) in [5.74, 6) is 0.215. The Bertz CT molecular complexity index is 1400. The van der Waals surface area contributed by atoms with Gasteiger partial charge in [-0.2, -0.15) is 0 Å². The van der Waals surface area contributed by atoms with Crippen LogP contribution in [0.4, 0.5) is 10.2 Å². The van der Waals surface area contributed by atoms with E-state index in [2.05, 4.69) is 25.5 Å². The normalized spacial score (nSPS) is 17.6. The maximum atomic E-state index is 14.8. The van der Waals surface area contributed by atoms with Gasteiger partial charge in [0, 0.05) is 18.7 Å². The van der Waals surface area contributed by atoms with Gasteiger partial charge in [0.2, 0.25) is 0 Å². The van der Waals surface area contributed by atoms with Crippen molar-refractivity contribution < 1.29 is 13.9 Å². The van der Waals surface area contributed by atoms with Crippen LogP contribution in [0.5, 0.6) is 0 Å². The molecular weight excluding hydrogens is 449 g/mol. The second-order valence-electron chi connectivity index (χ2n) is 9.04. The number of carbonyl (C=O) groups excluding carboxylic acids is 1. The Morgan fingerprint density at radius 2 is 2.09 bits per heavy atom. The van der Waals surface area contributed by atoms with E-state index in [1.165, 1.54) is 6.07 Å². The van der Waals surface area contributed by atoms with Crippen LogP contribution in [0, 0.1) is 12.7 Å². The number of benzene rings is 1. The van der Waals surface area contributed by atoms with Crippen LogP contribution in [0.15, 0.2) is 49.2 Å². The molecule has 1 aromatic carbocycles. The molecule has 0 radical (unpaired) electrons. The molecule has 1 atom stereocenters. The average molecular weight is 474 g/mol. The van der Waals surface area contributed by atoms with Gasteiger partial charge in [-0.25, -0.2) is 14.4 Å². The molecule has 1 aliphatic carbocycles. The van der Waals surface area contributed by atoms with Crippen molar-refractivity contribution in [1.82, 2.24) is 29.3 Å². The third-order valence-corrected chi connectivity index (χ3v) is 6.50. The number of anilines is 1. The molecule has 6 rings (SSSR count). The van der Waals surface area contributed by atoms with Gasteiger partial charge in [0.15, 0.2) is 5.82 Å². The molecule has 1 N–H and O–H groups in total. The van der Waals surface area contributed by atoms with Crippen molar-refractivity contribution >= 4 is 11.7 Å². The highest BCUT2D eigenvalue weighted by Crippen LogP contribution is 2.39. The molecule has 3 aromatic heterocycles. The van der Waals surface area contributed by atoms with Crippen LogP contribution in [0.2, 0.25) is 0 Å². The molecule has 2 aliphatic rings. The fourth-order valence-electron chi connectivity index (χ4n) is 4.42. The number of nitrogens with one attached hydrogen (secondary N) is 1. The Balaban J connectivity index is 1.26. The molecule has 1 aliphatic heterocycles. The van der Waals surface area contributed by atoms with E-state index >= 15 is 0 Å². The molecule has 0 spiro atoms. The summed E-state index contributed by atoms with van der Waals surface area (Å²) in [4.78, 5) is 22.1. The number of amides is 1. The number of rotatable bonds is 6. The van der Waals surface area contributed by atoms with Crippen molar-refractivity contribution in [2.75, 3.05) is 18.5 Å². The van der Waals surface area contributed by atoms with Crippen LogP contribution < -0.4 is 5.32 Å². The smallest absolute Gasteiger partial charge is 0.259 e. The number of halogens is 1. The van der Waals surface area contributed by atoms with E-state index < -0.39 is 11.7 Å². The fraction of sp³-hybridized carbons (Fsp3) is 0.320. The topological polar surface area (TPSA) is 99.8 Å². The maximum absolute atomic E-state index is 14.8. The Kier molecular flexibility index (Phi) is 5.37. The summed E-state index contributed by atoms with van der Waals surface area (Å²) >= 11 is 0. The summed E-state index contributed by atoms with van der Waals surface area (Å²) in [5.41, 5.74) is 2.95. The van der Waals surface area contributed by atoms with Crippen molar-refractivity contribution in [1.29, 1.82) is 0 Å². The summed E-state index contributed by atoms with van der Waals surface area (Å²) in [7, 11) is 0. The number of imidazole rings is 1. The van der Waals surface area contributed by atoms with E-state index in [0.29, 0.717) is 47.7 Å². The van der Waals surface area contributed by atoms with Gasteiger partial charge in [0.05, 0.1) is 35.9 Å². The van der Waals surface area contributed by atoms with Gasteiger partial charge in [0.25, 0.3) is 5.91 Å². The zero-order valence-electron chi connectivity index (χ0n) is 19.2. The predicted octanol–water partition coefficient (Wildman–Crippen LogP) is 4.06. The van der Waals surface area contributed by atoms with E-state index in [4.69, 9.17) is 4.74 Å². The first-order valence-electron chi connectivity index (χ1n) is 11.7. The Hall–Kier alpha value is -3.92. The minimum Gasteiger partial charge on any atom is -0.379 e. The van der Waals surface area contributed by atoms with E-state index in [-0.39, 0.29) is 11.6 Å². The van der Waals surface area contributed by atoms with E-state index in [9.17, 15) is 9.18 Å². The van der Waals surface area contributed by atoms with E-state index in [1.54, 1.807) is 36.9 Å². The van der Waals surface area contributed by atoms with Crippen LogP contribution in [0.3, 0.4) is 0 Å². The minimum absolute atomic E-state index is 0.0641. The van der Waals surface area contributed by atoms with Crippen LogP contribution in [0.1, 0.15) is 52.8 Å². The minimum atomic E-state index is -0.594. The molecule has 1 saturated carbocycles. The van der Waals surface area contributed by atoms with Gasteiger partial charge in [-0.3, -0.25) is 4.79 Å². The first-order valence-corrected chi connectivity index (χ1v) is 11.7. The lowest BCUT2D eigenvalue weighted by molar-refractivity contribution is 0.102. The summed E-state index contributed by atoms with van der Waals surface area (Å²) in [6.45, 7) is 3.10. The summed E-state index contributed by atoms with van der Waals surface area (Å²) in [5, 5.41) is 11.0. The zero-order chi connectivity index (χ0) is 23.9. The summed E-state index contributed by atoms with van der Waals surface area (Å²) in [6, 6.07) is 8.29. The van der Waals surface area contributed by atoms with Gasteiger partial charge in [0.1, 0.15) is 23.7 Å². The molecule has 9 nitrogen and oxygen atoms in total. The maximum Gasteiger partial charge on any atom is 0.259 e. The molecule has 10 heteroatoms. The molecule has 2 fully saturated rings. The number of hydrogen-bond acceptors (Lipinski definition) is 6. The molecule has 1 unspecified atom stereocenters. The largest absolute Gasteiger partial charge is 0.379 e. The second kappa shape index (κ2) is 8.70. The van der Waals surface area contributed by atoms with Gasteiger partial charge < -0.3 is 19.2 Å². The third kappa shape index (κ3) is 4.21. The molecule has 4 aromatic rings. The van der Waals surface area contributed by atoms with Gasteiger partial charge in [-0.15, -0.1) is 10.2 Å². The average Bonchev–Trinajstić information content (AvgIpc) is 3.25. The Morgan fingerprint density at radius 3 is 2.89 bits per heavy atom. The molecule has 178 valence electrons. The predicted molar refractivity (Wildman–Crippen MR) is 126 cm³/mol. The number of hydrogen-bond donors (Lipinski definition) is 1. The molecule has 0 bridgehead atoms. The molecule has 4 heterocycles. The highest BCUT2D eigenvalue weighted by Gasteiger charge is 2.26. The standard InChI is InChI=1S/C25H24FN7O2/c1-15-9-19(26)18(10-22(15)32-11-21(27-13-32)16-5-6-16)25(34)30-23-4-2-3-20(29-23)24-31-28-14-33(24)17-7-8-35-12-17/h2-4,9-11,13-14,16-17H,5-8,12H2,1H3,(H,29,30,34). The van der Waals surface area contributed by atoms with E-state index in [0.717, 1.165) is 25.0 Å². The Morgan fingerprint density at radius 1 is 1.20 bits per heavy atom. The fourth-order valence-corrected chi connectivity index (χ4v) is 4.42. The van der Waals surface area contributed by atoms with E-state index in [1.807, 2.05) is 22.3 Å². The first-order chi connectivity index (χ1) is 17.1. The zero-order valence-corrected chi connectivity index (χ0v) is 19.2. The second-order valence-corrected chi connectivity index (χ2v) is 9.04. The van der Waals surface area contributed by atoms with Crippen LogP contribution in [0.25, 0.3) is 17.2 Å². The van der Waals surface area contributed by atoms with Crippen molar-refractivity contribution in [3.63, 3.8) is 0 Å². The summed E-state index contributed by atoms with van der Waals surface area (Å²) < 4.78 is 24.1. The van der Waals surface area contributed by atoms with Crippen LogP contribution >= 0.6 is 0 Å². The quantitative estimate of drug-likeness (QED) is 0.453. The lowest BCUT2D eigenvalue weighted by Gasteiger charge is -2.13. The molecule has 1 saturated heterocycles. The van der Waals surface area contributed by atoms with Crippen molar-refractivity contribution in [3.05, 3.63) is 71.8 Å². The van der Waals surface area contributed by atoms with Gasteiger partial charge >= 0.3 is 0 Å². The molecular formula is C25H24FN7O2. The van der Waals surface area contributed by atoms with Crippen LogP contribution in [-0.2, 0) is 4.74 Å². The highest BCUT2D eigenvalue weighted by molar-refractivity contribution is 6.04. The van der Waals surface area contributed by atoms with Crippen molar-refractivity contribution in [2.45, 2.75) is 38.1 Å². The lowest BCUT2D eigenvalue weighted by atomic mass is 10.1. The SMILES string of the molecule is Cc1cc(F)c(C(=O)Nc2cccc(-c3nncn3C3CCOC3)n2)cc1-n1cnc(C2CC2)c1. The third-order valence-electron chi connectivity index (χ3n) is 6.50. The molecule has 35 heavy (non-hydrogen) atoms. The van der Waals surface area contributed by atoms with Crippen molar-refractivity contribution in [2.24, 2.45) is 0 Å². The lowest BCUT2D eigenvalue weighted by Crippen LogP contribution is -2.16. The Labute approximate surface area is 201 Å².